The van der Waals surface area contributed by atoms with Crippen LogP contribution in [-0.4, -0.2) is 68.0 Å². The van der Waals surface area contributed by atoms with Gasteiger partial charge in [0.25, 0.3) is 5.91 Å². The minimum absolute atomic E-state index is 0.0188. The standard InChI is InChI=1S/C31H28ClF4N3O5/c32-22-3-1-2-21(30(10-11-30)31(34,35)36)25(22)28(42)39-24-15-16(27(41)38-12-8-18(40)9-13-38)4-7-20(24)26(37-39)19-6-5-17(29(43)44)14-23(19)33/h1-3,5-6,14,16,18,40H,4,7-13,15H2,(H,43,44)/t16-/m0/s1. The number of rotatable bonds is 5. The van der Waals surface area contributed by atoms with Crippen LogP contribution < -0.4 is 0 Å². The minimum Gasteiger partial charge on any atom is -0.478 e. The molecule has 3 aromatic rings. The van der Waals surface area contributed by atoms with Crippen molar-refractivity contribution in [1.29, 1.82) is 0 Å². The topological polar surface area (TPSA) is 113 Å². The summed E-state index contributed by atoms with van der Waals surface area (Å²) in [5.41, 5.74) is -2.48. The number of hydrogen-bond acceptors (Lipinski definition) is 5. The second kappa shape index (κ2) is 11.0. The predicted molar refractivity (Wildman–Crippen MR) is 150 cm³/mol. The number of aromatic carboxylic acids is 1. The first-order chi connectivity index (χ1) is 20.8. The molecule has 2 fully saturated rings. The van der Waals surface area contributed by atoms with Gasteiger partial charge in [0.1, 0.15) is 5.82 Å². The van der Waals surface area contributed by atoms with Gasteiger partial charge in [-0.05, 0) is 68.4 Å². The Morgan fingerprint density at radius 2 is 1.75 bits per heavy atom. The molecule has 2 aromatic carbocycles. The minimum atomic E-state index is -4.63. The SMILES string of the molecule is O=C(O)c1ccc(-c2nn(C(=O)c3c(Cl)cccc3C3(C(F)(F)F)CC3)c3c2CC[C@H](C(=O)N2CCC(O)CC2)C3)c(F)c1. The number of hydrogen-bond donors (Lipinski definition) is 2. The zero-order valence-corrected chi connectivity index (χ0v) is 24.1. The molecule has 1 atom stereocenters. The molecule has 0 unspecified atom stereocenters. The molecule has 3 aliphatic rings. The summed E-state index contributed by atoms with van der Waals surface area (Å²) in [5.74, 6) is -3.92. The van der Waals surface area contributed by atoms with E-state index in [0.717, 1.165) is 10.7 Å². The molecule has 2 N–H and O–H groups in total. The van der Waals surface area contributed by atoms with Gasteiger partial charge in [0.2, 0.25) is 5.91 Å². The van der Waals surface area contributed by atoms with Crippen LogP contribution in [-0.2, 0) is 23.1 Å². The molecular weight excluding hydrogens is 606 g/mol. The number of piperidine rings is 1. The van der Waals surface area contributed by atoms with E-state index in [9.17, 15) is 37.8 Å². The van der Waals surface area contributed by atoms with Crippen molar-refractivity contribution >= 4 is 29.4 Å². The Labute approximate surface area is 254 Å². The molecule has 1 saturated carbocycles. The van der Waals surface area contributed by atoms with E-state index in [0.29, 0.717) is 37.9 Å². The Balaban J connectivity index is 1.46. The fraction of sp³-hybridized carbons (Fsp3) is 0.419. The van der Waals surface area contributed by atoms with Crippen LogP contribution in [0.2, 0.25) is 5.02 Å². The van der Waals surface area contributed by atoms with E-state index in [1.165, 1.54) is 30.3 Å². The van der Waals surface area contributed by atoms with Crippen LogP contribution in [0, 0.1) is 11.7 Å². The van der Waals surface area contributed by atoms with E-state index in [1.807, 2.05) is 0 Å². The highest BCUT2D eigenvalue weighted by Crippen LogP contribution is 2.60. The molecule has 1 amide bonds. The van der Waals surface area contributed by atoms with Gasteiger partial charge in [0, 0.05) is 36.6 Å². The highest BCUT2D eigenvalue weighted by molar-refractivity contribution is 6.34. The molecule has 1 aromatic heterocycles. The second-order valence-corrected chi connectivity index (χ2v) is 12.1. The Bertz CT molecular complexity index is 1680. The zero-order chi connectivity index (χ0) is 31.6. The van der Waals surface area contributed by atoms with E-state index in [4.69, 9.17) is 11.6 Å². The second-order valence-electron chi connectivity index (χ2n) is 11.7. The van der Waals surface area contributed by atoms with Crippen LogP contribution in [0.5, 0.6) is 0 Å². The summed E-state index contributed by atoms with van der Waals surface area (Å²) in [7, 11) is 0. The van der Waals surface area contributed by atoms with E-state index >= 15 is 4.39 Å². The van der Waals surface area contributed by atoms with Crippen LogP contribution in [0.3, 0.4) is 0 Å². The van der Waals surface area contributed by atoms with Gasteiger partial charge in [-0.2, -0.15) is 23.0 Å². The fourth-order valence-electron chi connectivity index (χ4n) is 6.47. The molecule has 0 radical (unpaired) electrons. The summed E-state index contributed by atoms with van der Waals surface area (Å²) in [4.78, 5) is 40.7. The third-order valence-electron chi connectivity index (χ3n) is 9.10. The van der Waals surface area contributed by atoms with E-state index in [2.05, 4.69) is 5.10 Å². The Hall–Kier alpha value is -3.77. The Morgan fingerprint density at radius 1 is 1.05 bits per heavy atom. The summed E-state index contributed by atoms with van der Waals surface area (Å²) in [5, 5.41) is 23.4. The van der Waals surface area contributed by atoms with Gasteiger partial charge in [-0.1, -0.05) is 23.7 Å². The number of nitrogens with zero attached hydrogens (tertiary/aromatic N) is 3. The molecule has 8 nitrogen and oxygen atoms in total. The first-order valence-corrected chi connectivity index (χ1v) is 14.7. The number of carboxylic acids is 1. The largest absolute Gasteiger partial charge is 0.478 e. The molecule has 1 saturated heterocycles. The van der Waals surface area contributed by atoms with Crippen molar-refractivity contribution in [1.82, 2.24) is 14.7 Å². The van der Waals surface area contributed by atoms with E-state index < -0.39 is 41.3 Å². The van der Waals surface area contributed by atoms with Crippen LogP contribution in [0.15, 0.2) is 36.4 Å². The van der Waals surface area contributed by atoms with Gasteiger partial charge < -0.3 is 15.1 Å². The molecule has 1 aliphatic heterocycles. The first-order valence-electron chi connectivity index (χ1n) is 14.3. The number of aromatic nitrogens is 2. The molecule has 0 bridgehead atoms. The molecule has 2 heterocycles. The molecule has 13 heteroatoms. The van der Waals surface area contributed by atoms with Gasteiger partial charge in [0.15, 0.2) is 0 Å². The van der Waals surface area contributed by atoms with Crippen molar-refractivity contribution in [3.63, 3.8) is 0 Å². The number of halogens is 5. The van der Waals surface area contributed by atoms with E-state index in [1.54, 1.807) is 4.90 Å². The summed E-state index contributed by atoms with van der Waals surface area (Å²) < 4.78 is 58.9. The van der Waals surface area contributed by atoms with Gasteiger partial charge in [-0.25, -0.2) is 9.18 Å². The molecule has 6 rings (SSSR count). The quantitative estimate of drug-likeness (QED) is 0.364. The molecule has 2 aliphatic carbocycles. The lowest BCUT2D eigenvalue weighted by atomic mass is 9.84. The molecular formula is C31H28ClF4N3O5. The van der Waals surface area contributed by atoms with Gasteiger partial charge in [0.05, 0.1) is 39.1 Å². The molecule has 232 valence electrons. The van der Waals surface area contributed by atoms with Crippen LogP contribution in [0.25, 0.3) is 11.3 Å². The van der Waals surface area contributed by atoms with Crippen LogP contribution in [0.1, 0.15) is 69.6 Å². The van der Waals surface area contributed by atoms with Crippen molar-refractivity contribution in [2.24, 2.45) is 5.92 Å². The highest BCUT2D eigenvalue weighted by atomic mass is 35.5. The van der Waals surface area contributed by atoms with Crippen molar-refractivity contribution in [2.45, 2.75) is 62.6 Å². The lowest BCUT2D eigenvalue weighted by molar-refractivity contribution is -0.160. The number of aliphatic hydroxyl groups is 1. The summed E-state index contributed by atoms with van der Waals surface area (Å²) >= 11 is 6.40. The number of carboxylic acid groups (broad SMARTS) is 1. The van der Waals surface area contributed by atoms with Crippen LogP contribution >= 0.6 is 11.6 Å². The van der Waals surface area contributed by atoms with Gasteiger partial charge in [-0.15, -0.1) is 0 Å². The normalized spacial score (nSPS) is 19.9. The van der Waals surface area contributed by atoms with Crippen molar-refractivity contribution in [3.8, 4) is 11.3 Å². The monoisotopic (exact) mass is 633 g/mol. The maximum Gasteiger partial charge on any atom is 0.398 e. The zero-order valence-electron chi connectivity index (χ0n) is 23.3. The van der Waals surface area contributed by atoms with Crippen molar-refractivity contribution < 1.29 is 42.2 Å². The maximum atomic E-state index is 15.3. The van der Waals surface area contributed by atoms with Crippen molar-refractivity contribution in [2.75, 3.05) is 13.1 Å². The Morgan fingerprint density at radius 3 is 2.36 bits per heavy atom. The number of alkyl halides is 3. The third kappa shape index (κ3) is 5.07. The number of carbonyl (C=O) groups excluding carboxylic acids is 2. The first kappa shape index (κ1) is 30.3. The number of benzene rings is 2. The number of aliphatic hydroxyl groups excluding tert-OH is 1. The summed E-state index contributed by atoms with van der Waals surface area (Å²) in [6.45, 7) is 0.743. The third-order valence-corrected chi connectivity index (χ3v) is 9.41. The number of carbonyl (C=O) groups is 3. The fourth-order valence-corrected chi connectivity index (χ4v) is 6.72. The lowest BCUT2D eigenvalue weighted by Crippen LogP contribution is -2.44. The average Bonchev–Trinajstić information content (AvgIpc) is 3.73. The molecule has 44 heavy (non-hydrogen) atoms. The Kier molecular flexibility index (Phi) is 7.56. The van der Waals surface area contributed by atoms with Crippen LogP contribution in [0.4, 0.5) is 17.6 Å². The average molecular weight is 634 g/mol. The number of likely N-dealkylation sites (tertiary alicyclic amines) is 1. The highest BCUT2D eigenvalue weighted by Gasteiger charge is 2.65. The summed E-state index contributed by atoms with van der Waals surface area (Å²) in [6.07, 6.45) is -4.08. The number of fused-ring (bicyclic) bond motifs is 1. The van der Waals surface area contributed by atoms with Gasteiger partial charge in [-0.3, -0.25) is 9.59 Å². The maximum absolute atomic E-state index is 15.3. The van der Waals surface area contributed by atoms with Gasteiger partial charge >= 0.3 is 12.1 Å². The van der Waals surface area contributed by atoms with E-state index in [-0.39, 0.29) is 70.3 Å². The smallest absolute Gasteiger partial charge is 0.398 e. The summed E-state index contributed by atoms with van der Waals surface area (Å²) in [6, 6.07) is 7.17. The van der Waals surface area contributed by atoms with Crippen molar-refractivity contribution in [3.05, 3.63) is 75.2 Å². The lowest BCUT2D eigenvalue weighted by Gasteiger charge is -2.33. The molecule has 0 spiro atoms. The predicted octanol–water partition coefficient (Wildman–Crippen LogP) is 5.41. The number of amides is 1.